The summed E-state index contributed by atoms with van der Waals surface area (Å²) < 4.78 is 0. The van der Waals surface area contributed by atoms with Gasteiger partial charge < -0.3 is 15.1 Å². The van der Waals surface area contributed by atoms with Crippen LogP contribution in [0.3, 0.4) is 0 Å². The molecule has 90 valence electrons. The number of carbonyl (C=O) groups excluding carboxylic acids is 2. The Hall–Kier alpha value is -1.10. The molecule has 0 aromatic carbocycles. The molecule has 5 nitrogen and oxygen atoms in total. The van der Waals surface area contributed by atoms with Gasteiger partial charge >= 0.3 is 0 Å². The second kappa shape index (κ2) is 4.41. The number of amides is 2. The van der Waals surface area contributed by atoms with Crippen molar-refractivity contribution in [2.24, 2.45) is 5.92 Å². The Bertz CT molecular complexity index is 306. The van der Waals surface area contributed by atoms with Crippen molar-refractivity contribution in [3.63, 3.8) is 0 Å². The van der Waals surface area contributed by atoms with Crippen LogP contribution in [-0.4, -0.2) is 60.9 Å². The van der Waals surface area contributed by atoms with Crippen molar-refractivity contribution in [3.05, 3.63) is 0 Å². The van der Waals surface area contributed by atoms with Gasteiger partial charge in [-0.05, 0) is 19.9 Å². The monoisotopic (exact) mass is 225 g/mol. The van der Waals surface area contributed by atoms with Gasteiger partial charge in [0.2, 0.25) is 11.8 Å². The van der Waals surface area contributed by atoms with Gasteiger partial charge in [0.25, 0.3) is 0 Å². The summed E-state index contributed by atoms with van der Waals surface area (Å²) in [7, 11) is 1.78. The lowest BCUT2D eigenvalue weighted by Crippen LogP contribution is -2.53. The largest absolute Gasteiger partial charge is 0.342 e. The molecule has 2 heterocycles. The third-order valence-electron chi connectivity index (χ3n) is 3.61. The molecular formula is C11H19N3O2. The number of rotatable bonds is 1. The van der Waals surface area contributed by atoms with E-state index >= 15 is 0 Å². The van der Waals surface area contributed by atoms with Gasteiger partial charge in [0.05, 0.1) is 12.5 Å². The zero-order chi connectivity index (χ0) is 11.7. The molecule has 2 saturated heterocycles. The summed E-state index contributed by atoms with van der Waals surface area (Å²) in [4.78, 5) is 27.1. The molecule has 2 atom stereocenters. The number of nitrogens with one attached hydrogen (secondary N) is 1. The third-order valence-corrected chi connectivity index (χ3v) is 3.61. The van der Waals surface area contributed by atoms with Crippen molar-refractivity contribution in [1.82, 2.24) is 15.1 Å². The Morgan fingerprint density at radius 3 is 2.75 bits per heavy atom. The molecule has 0 bridgehead atoms. The van der Waals surface area contributed by atoms with E-state index in [9.17, 15) is 9.59 Å². The molecule has 0 aromatic rings. The van der Waals surface area contributed by atoms with Gasteiger partial charge in [-0.3, -0.25) is 9.59 Å². The van der Waals surface area contributed by atoms with E-state index in [4.69, 9.17) is 0 Å². The lowest BCUT2D eigenvalue weighted by Gasteiger charge is -2.34. The van der Waals surface area contributed by atoms with Crippen molar-refractivity contribution < 1.29 is 9.59 Å². The fourth-order valence-corrected chi connectivity index (χ4v) is 2.38. The van der Waals surface area contributed by atoms with E-state index in [1.165, 1.54) is 0 Å². The maximum Gasteiger partial charge on any atom is 0.241 e. The fourth-order valence-electron chi connectivity index (χ4n) is 2.38. The average Bonchev–Trinajstić information content (AvgIpc) is 2.67. The Morgan fingerprint density at radius 1 is 1.44 bits per heavy atom. The van der Waals surface area contributed by atoms with Crippen LogP contribution < -0.4 is 5.32 Å². The van der Waals surface area contributed by atoms with Crippen molar-refractivity contribution >= 4 is 11.8 Å². The molecule has 0 radical (unpaired) electrons. The van der Waals surface area contributed by atoms with Crippen LogP contribution in [0.5, 0.6) is 0 Å². The van der Waals surface area contributed by atoms with Crippen LogP contribution in [0, 0.1) is 5.92 Å². The van der Waals surface area contributed by atoms with Crippen molar-refractivity contribution in [1.29, 1.82) is 0 Å². The highest BCUT2D eigenvalue weighted by Crippen LogP contribution is 2.19. The van der Waals surface area contributed by atoms with Crippen LogP contribution in [0.2, 0.25) is 0 Å². The van der Waals surface area contributed by atoms with E-state index in [0.29, 0.717) is 13.1 Å². The molecule has 2 unspecified atom stereocenters. The van der Waals surface area contributed by atoms with Gasteiger partial charge in [-0.15, -0.1) is 0 Å². The first kappa shape index (κ1) is 11.4. The molecule has 2 rings (SSSR count). The first-order valence-corrected chi connectivity index (χ1v) is 5.85. The average molecular weight is 225 g/mol. The summed E-state index contributed by atoms with van der Waals surface area (Å²) in [6, 6.07) is 0.238. The summed E-state index contributed by atoms with van der Waals surface area (Å²) in [6.07, 6.45) is 0.889. The van der Waals surface area contributed by atoms with E-state index in [2.05, 4.69) is 5.32 Å². The number of piperazine rings is 1. The summed E-state index contributed by atoms with van der Waals surface area (Å²) in [5, 5.41) is 3.27. The Morgan fingerprint density at radius 2 is 2.19 bits per heavy atom. The second-order valence-electron chi connectivity index (χ2n) is 4.71. The van der Waals surface area contributed by atoms with Crippen LogP contribution in [0.1, 0.15) is 13.3 Å². The molecule has 5 heteroatoms. The third kappa shape index (κ3) is 2.04. The Balaban J connectivity index is 1.97. The highest BCUT2D eigenvalue weighted by molar-refractivity contribution is 5.87. The van der Waals surface area contributed by atoms with Crippen LogP contribution in [0.25, 0.3) is 0 Å². The van der Waals surface area contributed by atoms with Crippen molar-refractivity contribution in [2.75, 3.05) is 33.2 Å². The maximum atomic E-state index is 12.2. The minimum Gasteiger partial charge on any atom is -0.342 e. The van der Waals surface area contributed by atoms with Gasteiger partial charge in [0, 0.05) is 26.2 Å². The number of hydrogen-bond donors (Lipinski definition) is 1. The van der Waals surface area contributed by atoms with E-state index in [1.54, 1.807) is 16.8 Å². The predicted molar refractivity (Wildman–Crippen MR) is 59.8 cm³/mol. The molecule has 16 heavy (non-hydrogen) atoms. The van der Waals surface area contributed by atoms with E-state index in [-0.39, 0.29) is 30.3 Å². The first-order chi connectivity index (χ1) is 7.59. The zero-order valence-electron chi connectivity index (χ0n) is 9.90. The molecule has 2 amide bonds. The van der Waals surface area contributed by atoms with Gasteiger partial charge in [-0.2, -0.15) is 0 Å². The standard InChI is InChI=1S/C11H19N3O2/c1-8-9(3-4-12-8)11(16)14-6-5-13(2)10(15)7-14/h8-9,12H,3-7H2,1-2H3. The van der Waals surface area contributed by atoms with Crippen molar-refractivity contribution in [2.45, 2.75) is 19.4 Å². The number of carbonyl (C=O) groups is 2. The van der Waals surface area contributed by atoms with Crippen LogP contribution in [-0.2, 0) is 9.59 Å². The SMILES string of the molecule is CC1NCCC1C(=O)N1CCN(C)C(=O)C1. The summed E-state index contributed by atoms with van der Waals surface area (Å²) in [6.45, 7) is 4.51. The molecule has 2 aliphatic rings. The lowest BCUT2D eigenvalue weighted by molar-refractivity contribution is -0.146. The minimum atomic E-state index is 0.0400. The molecule has 0 aromatic heterocycles. The quantitative estimate of drug-likeness (QED) is 0.641. The van der Waals surface area contributed by atoms with Crippen LogP contribution in [0.4, 0.5) is 0 Å². The number of likely N-dealkylation sites (N-methyl/N-ethyl adjacent to an activating group) is 1. The molecule has 0 saturated carbocycles. The first-order valence-electron chi connectivity index (χ1n) is 5.85. The summed E-state index contributed by atoms with van der Waals surface area (Å²) in [5.74, 6) is 0.230. The highest BCUT2D eigenvalue weighted by Gasteiger charge is 2.35. The smallest absolute Gasteiger partial charge is 0.241 e. The molecule has 1 N–H and O–H groups in total. The maximum absolute atomic E-state index is 12.2. The van der Waals surface area contributed by atoms with Gasteiger partial charge in [-0.1, -0.05) is 0 Å². The Labute approximate surface area is 95.8 Å². The minimum absolute atomic E-state index is 0.0400. The van der Waals surface area contributed by atoms with E-state index < -0.39 is 0 Å². The van der Waals surface area contributed by atoms with Gasteiger partial charge in [-0.25, -0.2) is 0 Å². The Kier molecular flexibility index (Phi) is 3.14. The molecule has 0 aliphatic carbocycles. The van der Waals surface area contributed by atoms with E-state index in [1.807, 2.05) is 6.92 Å². The molecule has 2 fully saturated rings. The van der Waals surface area contributed by atoms with E-state index in [0.717, 1.165) is 13.0 Å². The van der Waals surface area contributed by atoms with Crippen LogP contribution in [0.15, 0.2) is 0 Å². The predicted octanol–water partition coefficient (Wildman–Crippen LogP) is -0.715. The fraction of sp³-hybridized carbons (Fsp3) is 0.818. The van der Waals surface area contributed by atoms with Gasteiger partial charge in [0.15, 0.2) is 0 Å². The zero-order valence-corrected chi connectivity index (χ0v) is 9.90. The summed E-state index contributed by atoms with van der Waals surface area (Å²) in [5.41, 5.74) is 0. The number of nitrogens with zero attached hydrogens (tertiary/aromatic N) is 2. The molecular weight excluding hydrogens is 206 g/mol. The second-order valence-corrected chi connectivity index (χ2v) is 4.71. The van der Waals surface area contributed by atoms with Crippen molar-refractivity contribution in [3.8, 4) is 0 Å². The molecule has 2 aliphatic heterocycles. The number of hydrogen-bond acceptors (Lipinski definition) is 3. The molecule has 0 spiro atoms. The normalized spacial score (nSPS) is 31.0. The summed E-state index contributed by atoms with van der Waals surface area (Å²) >= 11 is 0. The van der Waals surface area contributed by atoms with Gasteiger partial charge in [0.1, 0.15) is 0 Å². The van der Waals surface area contributed by atoms with Crippen LogP contribution >= 0.6 is 0 Å². The topological polar surface area (TPSA) is 52.7 Å². The highest BCUT2D eigenvalue weighted by atomic mass is 16.2. The lowest BCUT2D eigenvalue weighted by atomic mass is 10.00.